The molecule has 1 N–H and O–H groups in total. The van der Waals surface area contributed by atoms with Crippen molar-refractivity contribution >= 4 is 23.6 Å². The first-order valence-electron chi connectivity index (χ1n) is 8.32. The maximum Gasteiger partial charge on any atom is 0.331 e. The SMILES string of the molecule is COc1ccc(NC(=O)COC(=O)/C=C/c2ccc3c(c2)OCCO3)cc1. The highest BCUT2D eigenvalue weighted by atomic mass is 16.6. The van der Waals surface area contributed by atoms with Gasteiger partial charge in [-0.3, -0.25) is 4.79 Å². The standard InChI is InChI=1S/C20H19NO6/c1-24-16-6-4-15(5-7-16)21-19(22)13-27-20(23)9-3-14-2-8-17-18(12-14)26-11-10-25-17/h2-9,12H,10-11,13H2,1H3,(H,21,22)/b9-3+. The number of benzene rings is 2. The van der Waals surface area contributed by atoms with Gasteiger partial charge in [-0.25, -0.2) is 4.79 Å². The van der Waals surface area contributed by atoms with E-state index in [0.717, 1.165) is 5.56 Å². The molecule has 1 aliphatic heterocycles. The number of fused-ring (bicyclic) bond motifs is 1. The first kappa shape index (κ1) is 18.3. The second-order valence-electron chi connectivity index (χ2n) is 5.62. The number of anilines is 1. The third kappa shape index (κ3) is 5.24. The van der Waals surface area contributed by atoms with E-state index in [1.54, 1.807) is 55.7 Å². The van der Waals surface area contributed by atoms with Crippen LogP contribution in [0.1, 0.15) is 5.56 Å². The van der Waals surface area contributed by atoms with Gasteiger partial charge in [-0.2, -0.15) is 0 Å². The summed E-state index contributed by atoms with van der Waals surface area (Å²) in [5.41, 5.74) is 1.35. The molecule has 0 radical (unpaired) electrons. The van der Waals surface area contributed by atoms with Gasteiger partial charge in [-0.15, -0.1) is 0 Å². The van der Waals surface area contributed by atoms with E-state index in [-0.39, 0.29) is 6.61 Å². The summed E-state index contributed by atoms with van der Waals surface area (Å²) >= 11 is 0. The molecule has 0 aromatic heterocycles. The number of methoxy groups -OCH3 is 1. The Labute approximate surface area is 156 Å². The van der Waals surface area contributed by atoms with Gasteiger partial charge in [0.2, 0.25) is 0 Å². The molecule has 7 nitrogen and oxygen atoms in total. The van der Waals surface area contributed by atoms with Crippen LogP contribution in [0.25, 0.3) is 6.08 Å². The number of carbonyl (C=O) groups excluding carboxylic acids is 2. The van der Waals surface area contributed by atoms with Crippen LogP contribution in [0.2, 0.25) is 0 Å². The number of nitrogens with one attached hydrogen (secondary N) is 1. The molecule has 3 rings (SSSR count). The van der Waals surface area contributed by atoms with E-state index in [1.807, 2.05) is 0 Å². The molecule has 0 unspecified atom stereocenters. The van der Waals surface area contributed by atoms with Gasteiger partial charge in [0, 0.05) is 11.8 Å². The lowest BCUT2D eigenvalue weighted by Crippen LogP contribution is -2.20. The molecular weight excluding hydrogens is 350 g/mol. The summed E-state index contributed by atoms with van der Waals surface area (Å²) in [6, 6.07) is 12.2. The predicted octanol–water partition coefficient (Wildman–Crippen LogP) is 2.66. The van der Waals surface area contributed by atoms with Crippen molar-refractivity contribution in [2.75, 3.05) is 32.2 Å². The van der Waals surface area contributed by atoms with Gasteiger partial charge >= 0.3 is 5.97 Å². The Kier molecular flexibility index (Phi) is 5.94. The first-order valence-corrected chi connectivity index (χ1v) is 8.32. The molecule has 0 saturated carbocycles. The van der Waals surface area contributed by atoms with E-state index in [1.165, 1.54) is 6.08 Å². The van der Waals surface area contributed by atoms with Crippen LogP contribution in [0.3, 0.4) is 0 Å². The molecule has 0 aliphatic carbocycles. The third-order valence-corrected chi connectivity index (χ3v) is 3.70. The van der Waals surface area contributed by atoms with Gasteiger partial charge in [-0.05, 0) is 48.0 Å². The van der Waals surface area contributed by atoms with E-state index in [4.69, 9.17) is 18.9 Å². The van der Waals surface area contributed by atoms with Gasteiger partial charge in [0.15, 0.2) is 18.1 Å². The van der Waals surface area contributed by atoms with Crippen LogP contribution < -0.4 is 19.5 Å². The average Bonchev–Trinajstić information content (AvgIpc) is 2.71. The normalized spacial score (nSPS) is 12.5. The lowest BCUT2D eigenvalue weighted by Gasteiger charge is -2.18. The first-order chi connectivity index (χ1) is 13.1. The maximum absolute atomic E-state index is 11.8. The lowest BCUT2D eigenvalue weighted by molar-refractivity contribution is -0.142. The molecule has 1 aliphatic rings. The van der Waals surface area contributed by atoms with Gasteiger partial charge in [0.1, 0.15) is 19.0 Å². The summed E-state index contributed by atoms with van der Waals surface area (Å²) in [6.45, 7) is 0.634. The minimum Gasteiger partial charge on any atom is -0.497 e. The van der Waals surface area contributed by atoms with Crippen LogP contribution in [-0.4, -0.2) is 38.8 Å². The highest BCUT2D eigenvalue weighted by Gasteiger charge is 2.11. The summed E-state index contributed by atoms with van der Waals surface area (Å²) in [4.78, 5) is 23.6. The monoisotopic (exact) mass is 369 g/mol. The minimum absolute atomic E-state index is 0.379. The van der Waals surface area contributed by atoms with Crippen molar-refractivity contribution in [2.24, 2.45) is 0 Å². The van der Waals surface area contributed by atoms with E-state index < -0.39 is 11.9 Å². The fraction of sp³-hybridized carbons (Fsp3) is 0.200. The summed E-state index contributed by atoms with van der Waals surface area (Å²) < 4.78 is 20.9. The number of rotatable bonds is 6. The van der Waals surface area contributed by atoms with E-state index in [9.17, 15) is 9.59 Å². The second-order valence-corrected chi connectivity index (χ2v) is 5.62. The van der Waals surface area contributed by atoms with Crippen LogP contribution >= 0.6 is 0 Å². The maximum atomic E-state index is 11.8. The molecule has 0 atom stereocenters. The van der Waals surface area contributed by atoms with Crippen LogP contribution in [-0.2, 0) is 14.3 Å². The number of amides is 1. The van der Waals surface area contributed by atoms with Gasteiger partial charge in [-0.1, -0.05) is 6.07 Å². The zero-order valence-electron chi connectivity index (χ0n) is 14.8. The van der Waals surface area contributed by atoms with Crippen LogP contribution in [0.15, 0.2) is 48.5 Å². The van der Waals surface area contributed by atoms with Crippen molar-refractivity contribution in [1.82, 2.24) is 0 Å². The van der Waals surface area contributed by atoms with Gasteiger partial charge < -0.3 is 24.3 Å². The van der Waals surface area contributed by atoms with Crippen molar-refractivity contribution < 1.29 is 28.5 Å². The predicted molar refractivity (Wildman–Crippen MR) is 99.0 cm³/mol. The molecule has 27 heavy (non-hydrogen) atoms. The van der Waals surface area contributed by atoms with Gasteiger partial charge in [0.05, 0.1) is 7.11 Å². The summed E-state index contributed by atoms with van der Waals surface area (Å²) in [7, 11) is 1.56. The van der Waals surface area contributed by atoms with Crippen molar-refractivity contribution in [3.8, 4) is 17.2 Å². The van der Waals surface area contributed by atoms with Crippen molar-refractivity contribution in [3.05, 3.63) is 54.1 Å². The minimum atomic E-state index is -0.616. The summed E-state index contributed by atoms with van der Waals surface area (Å²) in [5.74, 6) is 0.950. The fourth-order valence-electron chi connectivity index (χ4n) is 2.38. The highest BCUT2D eigenvalue weighted by molar-refractivity contribution is 5.94. The Hall–Kier alpha value is -3.48. The number of carbonyl (C=O) groups is 2. The third-order valence-electron chi connectivity index (χ3n) is 3.70. The van der Waals surface area contributed by atoms with Crippen LogP contribution in [0.4, 0.5) is 5.69 Å². The van der Waals surface area contributed by atoms with Gasteiger partial charge in [0.25, 0.3) is 5.91 Å². The second kappa shape index (κ2) is 8.75. The Morgan fingerprint density at radius 2 is 1.81 bits per heavy atom. The van der Waals surface area contributed by atoms with E-state index >= 15 is 0 Å². The summed E-state index contributed by atoms with van der Waals surface area (Å²) in [6.07, 6.45) is 2.84. The smallest absolute Gasteiger partial charge is 0.331 e. The van der Waals surface area contributed by atoms with E-state index in [2.05, 4.69) is 5.32 Å². The summed E-state index contributed by atoms with van der Waals surface area (Å²) in [5, 5.41) is 2.63. The molecule has 2 aromatic rings. The Bertz CT molecular complexity index is 844. The Morgan fingerprint density at radius 1 is 1.07 bits per heavy atom. The fourth-order valence-corrected chi connectivity index (χ4v) is 2.38. The zero-order chi connectivity index (χ0) is 19.1. The molecule has 2 aromatic carbocycles. The average molecular weight is 369 g/mol. The molecule has 140 valence electrons. The molecule has 0 fully saturated rings. The quantitative estimate of drug-likeness (QED) is 0.623. The largest absolute Gasteiger partial charge is 0.497 e. The highest BCUT2D eigenvalue weighted by Crippen LogP contribution is 2.31. The number of ether oxygens (including phenoxy) is 4. The Balaban J connectivity index is 1.47. The zero-order valence-corrected chi connectivity index (χ0v) is 14.8. The number of esters is 1. The molecular formula is C20H19NO6. The Morgan fingerprint density at radius 3 is 2.56 bits per heavy atom. The van der Waals surface area contributed by atoms with Crippen molar-refractivity contribution in [1.29, 1.82) is 0 Å². The van der Waals surface area contributed by atoms with Crippen LogP contribution in [0, 0.1) is 0 Å². The number of hydrogen-bond acceptors (Lipinski definition) is 6. The molecule has 1 amide bonds. The van der Waals surface area contributed by atoms with Crippen molar-refractivity contribution in [2.45, 2.75) is 0 Å². The lowest BCUT2D eigenvalue weighted by atomic mass is 10.2. The number of hydrogen-bond donors (Lipinski definition) is 1. The van der Waals surface area contributed by atoms with E-state index in [0.29, 0.717) is 36.1 Å². The molecule has 7 heteroatoms. The molecule has 0 saturated heterocycles. The van der Waals surface area contributed by atoms with Crippen molar-refractivity contribution in [3.63, 3.8) is 0 Å². The topological polar surface area (TPSA) is 83.1 Å². The van der Waals surface area contributed by atoms with Crippen LogP contribution in [0.5, 0.6) is 17.2 Å². The molecule has 1 heterocycles. The molecule has 0 spiro atoms. The molecule has 0 bridgehead atoms.